The number of rotatable bonds is 1. The van der Waals surface area contributed by atoms with Gasteiger partial charge in [-0.1, -0.05) is 27.2 Å². The normalized spacial score (nSPS) is 26.6. The molecule has 0 bridgehead atoms. The molecule has 0 spiro atoms. The lowest BCUT2D eigenvalue weighted by Crippen LogP contribution is -2.37. The summed E-state index contributed by atoms with van der Waals surface area (Å²) in [5, 5.41) is 7.00. The second kappa shape index (κ2) is 10.4. The highest BCUT2D eigenvalue weighted by molar-refractivity contribution is 4.81. The van der Waals surface area contributed by atoms with Crippen molar-refractivity contribution in [2.75, 3.05) is 33.8 Å². The Bertz CT molecular complexity index is 131. The minimum atomic E-state index is 0.380. The van der Waals surface area contributed by atoms with Crippen molar-refractivity contribution < 1.29 is 5.11 Å². The van der Waals surface area contributed by atoms with Gasteiger partial charge < -0.3 is 15.7 Å². The van der Waals surface area contributed by atoms with Gasteiger partial charge in [-0.25, -0.2) is 0 Å². The third-order valence-electron chi connectivity index (χ3n) is 2.71. The maximum absolute atomic E-state index is 7.00. The topological polar surface area (TPSA) is 49.5 Å². The number of likely N-dealkylation sites (tertiary alicyclic amines) is 1. The predicted molar refractivity (Wildman–Crippen MR) is 68.0 cm³/mol. The molecule has 94 valence electrons. The quantitative estimate of drug-likeness (QED) is 0.704. The molecule has 3 heteroatoms. The molecule has 0 aliphatic carbocycles. The zero-order valence-electron chi connectivity index (χ0n) is 11.2. The number of hydrogen-bond donors (Lipinski definition) is 2. The number of hydrogen-bond acceptors (Lipinski definition) is 3. The number of nitrogens with zero attached hydrogens (tertiary/aromatic N) is 1. The summed E-state index contributed by atoms with van der Waals surface area (Å²) < 4.78 is 0. The van der Waals surface area contributed by atoms with E-state index in [0.717, 1.165) is 13.7 Å². The number of aliphatic hydroxyl groups is 1. The molecule has 1 unspecified atom stereocenters. The fraction of sp³-hybridized carbons (Fsp3) is 1.00. The lowest BCUT2D eigenvalue weighted by molar-refractivity contribution is 0.215. The smallest absolute Gasteiger partial charge is 0.0319 e. The monoisotopic (exact) mass is 218 g/mol. The van der Waals surface area contributed by atoms with E-state index in [1.165, 1.54) is 32.4 Å². The Kier molecular flexibility index (Phi) is 12.0. The molecule has 0 aromatic carbocycles. The highest BCUT2D eigenvalue weighted by atomic mass is 16.2. The Morgan fingerprint density at radius 3 is 2.27 bits per heavy atom. The van der Waals surface area contributed by atoms with Crippen molar-refractivity contribution in [2.24, 2.45) is 11.1 Å². The van der Waals surface area contributed by atoms with Crippen molar-refractivity contribution in [1.82, 2.24) is 4.90 Å². The van der Waals surface area contributed by atoms with Crippen molar-refractivity contribution in [3.8, 4) is 0 Å². The molecule has 3 nitrogen and oxygen atoms in total. The summed E-state index contributed by atoms with van der Waals surface area (Å²) in [6, 6.07) is 0. The average molecular weight is 218 g/mol. The predicted octanol–water partition coefficient (Wildman–Crippen LogP) is 1.70. The maximum Gasteiger partial charge on any atom is 0.0319 e. The van der Waals surface area contributed by atoms with E-state index in [4.69, 9.17) is 10.8 Å². The average Bonchev–Trinajstić information content (AvgIpc) is 2.46. The zero-order valence-corrected chi connectivity index (χ0v) is 11.2. The first-order valence-corrected chi connectivity index (χ1v) is 6.00. The first kappa shape index (κ1) is 17.3. The van der Waals surface area contributed by atoms with Gasteiger partial charge in [0.25, 0.3) is 0 Å². The summed E-state index contributed by atoms with van der Waals surface area (Å²) in [4.78, 5) is 2.40. The molecule has 3 N–H and O–H groups in total. The molecule has 1 aliphatic rings. The van der Waals surface area contributed by atoms with Crippen LogP contribution in [0.15, 0.2) is 0 Å². The minimum absolute atomic E-state index is 0.380. The van der Waals surface area contributed by atoms with E-state index in [1.807, 2.05) is 13.8 Å². The van der Waals surface area contributed by atoms with Gasteiger partial charge in [-0.3, -0.25) is 0 Å². The van der Waals surface area contributed by atoms with Gasteiger partial charge in [0, 0.05) is 13.7 Å². The molecular weight excluding hydrogens is 188 g/mol. The molecule has 0 aromatic rings. The standard InChI is InChI=1S/C9H20N2.C2H6.CH4O/c1-9(7-10)5-3-4-6-11(2)8-9;2*1-2/h3-8,10H2,1-2H3;1-2H3;2H,1H3. The molecule has 0 saturated carbocycles. The van der Waals surface area contributed by atoms with E-state index >= 15 is 0 Å². The fourth-order valence-electron chi connectivity index (χ4n) is 1.91. The summed E-state index contributed by atoms with van der Waals surface area (Å²) in [6.45, 7) is 9.55. The number of aliphatic hydroxyl groups excluding tert-OH is 1. The highest BCUT2D eigenvalue weighted by Crippen LogP contribution is 2.26. The van der Waals surface area contributed by atoms with Crippen molar-refractivity contribution in [3.05, 3.63) is 0 Å². The Hall–Kier alpha value is -0.120. The molecule has 1 atom stereocenters. The lowest BCUT2D eigenvalue weighted by atomic mass is 9.86. The van der Waals surface area contributed by atoms with Crippen LogP contribution in [0.4, 0.5) is 0 Å². The third kappa shape index (κ3) is 7.77. The van der Waals surface area contributed by atoms with Gasteiger partial charge in [0.05, 0.1) is 0 Å². The van der Waals surface area contributed by atoms with Gasteiger partial charge in [-0.2, -0.15) is 0 Å². The summed E-state index contributed by atoms with van der Waals surface area (Å²) in [5.41, 5.74) is 6.12. The van der Waals surface area contributed by atoms with Crippen LogP contribution in [0.3, 0.4) is 0 Å². The lowest BCUT2D eigenvalue weighted by Gasteiger charge is -2.29. The van der Waals surface area contributed by atoms with E-state index in [0.29, 0.717) is 5.41 Å². The van der Waals surface area contributed by atoms with Crippen LogP contribution in [0, 0.1) is 5.41 Å². The Balaban J connectivity index is 0. The van der Waals surface area contributed by atoms with Crippen molar-refractivity contribution in [3.63, 3.8) is 0 Å². The van der Waals surface area contributed by atoms with E-state index in [1.54, 1.807) is 0 Å². The van der Waals surface area contributed by atoms with Crippen molar-refractivity contribution >= 4 is 0 Å². The van der Waals surface area contributed by atoms with E-state index < -0.39 is 0 Å². The van der Waals surface area contributed by atoms with Gasteiger partial charge in [0.15, 0.2) is 0 Å². The van der Waals surface area contributed by atoms with Gasteiger partial charge in [-0.15, -0.1) is 0 Å². The second-order valence-corrected chi connectivity index (χ2v) is 4.21. The van der Waals surface area contributed by atoms with Crippen molar-refractivity contribution in [2.45, 2.75) is 40.0 Å². The van der Waals surface area contributed by atoms with E-state index in [-0.39, 0.29) is 0 Å². The molecule has 1 rings (SSSR count). The summed E-state index contributed by atoms with van der Waals surface area (Å²) in [6.07, 6.45) is 3.98. The number of nitrogens with two attached hydrogens (primary N) is 1. The molecular formula is C12H30N2O. The van der Waals surface area contributed by atoms with Gasteiger partial charge in [0.2, 0.25) is 0 Å². The zero-order chi connectivity index (χ0) is 12.3. The van der Waals surface area contributed by atoms with Crippen LogP contribution in [-0.4, -0.2) is 43.8 Å². The van der Waals surface area contributed by atoms with Crippen LogP contribution < -0.4 is 5.73 Å². The Labute approximate surface area is 95.7 Å². The van der Waals surface area contributed by atoms with Crippen LogP contribution in [0.1, 0.15) is 40.0 Å². The van der Waals surface area contributed by atoms with Gasteiger partial charge >= 0.3 is 0 Å². The second-order valence-electron chi connectivity index (χ2n) is 4.21. The SMILES string of the molecule is CC.CN1CCCCC(C)(CN)C1.CO. The molecule has 0 aromatic heterocycles. The first-order chi connectivity index (χ1) is 7.16. The van der Waals surface area contributed by atoms with E-state index in [2.05, 4.69) is 18.9 Å². The maximum atomic E-state index is 7.00. The molecule has 0 amide bonds. The fourth-order valence-corrected chi connectivity index (χ4v) is 1.91. The van der Waals surface area contributed by atoms with Crippen LogP contribution in [0.5, 0.6) is 0 Å². The molecule has 15 heavy (non-hydrogen) atoms. The largest absolute Gasteiger partial charge is 0.400 e. The molecule has 1 saturated heterocycles. The van der Waals surface area contributed by atoms with Crippen LogP contribution in [-0.2, 0) is 0 Å². The van der Waals surface area contributed by atoms with Crippen LogP contribution >= 0.6 is 0 Å². The van der Waals surface area contributed by atoms with Gasteiger partial charge in [-0.05, 0) is 38.4 Å². The summed E-state index contributed by atoms with van der Waals surface area (Å²) in [5.74, 6) is 0. The summed E-state index contributed by atoms with van der Waals surface area (Å²) >= 11 is 0. The highest BCUT2D eigenvalue weighted by Gasteiger charge is 2.25. The Morgan fingerprint density at radius 2 is 1.80 bits per heavy atom. The van der Waals surface area contributed by atoms with Gasteiger partial charge in [0.1, 0.15) is 0 Å². The molecule has 1 aliphatic heterocycles. The minimum Gasteiger partial charge on any atom is -0.400 e. The Morgan fingerprint density at radius 1 is 1.27 bits per heavy atom. The van der Waals surface area contributed by atoms with Crippen LogP contribution in [0.2, 0.25) is 0 Å². The van der Waals surface area contributed by atoms with E-state index in [9.17, 15) is 0 Å². The molecule has 0 radical (unpaired) electrons. The third-order valence-corrected chi connectivity index (χ3v) is 2.71. The molecule has 1 heterocycles. The van der Waals surface area contributed by atoms with Crippen LogP contribution in [0.25, 0.3) is 0 Å². The first-order valence-electron chi connectivity index (χ1n) is 6.00. The molecule has 1 fully saturated rings. The summed E-state index contributed by atoms with van der Waals surface area (Å²) in [7, 11) is 3.19. The van der Waals surface area contributed by atoms with Crippen molar-refractivity contribution in [1.29, 1.82) is 0 Å².